The number of piperazine rings is 1. The highest BCUT2D eigenvalue weighted by Crippen LogP contribution is 2.25. The SMILES string of the molecule is Cc1ccc(N2CC(=O)NC(C(C)C)C2=O)cc1Br. The first-order valence-electron chi connectivity index (χ1n) is 6.27. The minimum absolute atomic E-state index is 0.0506. The topological polar surface area (TPSA) is 49.4 Å². The van der Waals surface area contributed by atoms with Gasteiger partial charge in [0.15, 0.2) is 0 Å². The Labute approximate surface area is 121 Å². The summed E-state index contributed by atoms with van der Waals surface area (Å²) in [6.45, 7) is 5.92. The van der Waals surface area contributed by atoms with Crippen molar-refractivity contribution in [2.24, 2.45) is 5.92 Å². The Bertz CT molecular complexity index is 528. The second-order valence-electron chi connectivity index (χ2n) is 5.15. The standard InChI is InChI=1S/C14H17BrN2O2/c1-8(2)13-14(19)17(7-12(18)16-13)10-5-4-9(3)11(15)6-10/h4-6,8,13H,7H2,1-3H3,(H,16,18). The molecule has 1 saturated heterocycles. The molecule has 1 unspecified atom stereocenters. The molecular formula is C14H17BrN2O2. The summed E-state index contributed by atoms with van der Waals surface area (Å²) in [5, 5.41) is 2.75. The maximum Gasteiger partial charge on any atom is 0.250 e. The highest BCUT2D eigenvalue weighted by atomic mass is 79.9. The van der Waals surface area contributed by atoms with E-state index in [2.05, 4.69) is 21.2 Å². The lowest BCUT2D eigenvalue weighted by Gasteiger charge is -2.34. The van der Waals surface area contributed by atoms with Crippen LogP contribution in [0.1, 0.15) is 19.4 Å². The van der Waals surface area contributed by atoms with Gasteiger partial charge in [-0.2, -0.15) is 0 Å². The Morgan fingerprint density at radius 1 is 1.37 bits per heavy atom. The lowest BCUT2D eigenvalue weighted by Crippen LogP contribution is -2.60. The number of amides is 2. The Morgan fingerprint density at radius 2 is 2.05 bits per heavy atom. The molecule has 2 amide bonds. The summed E-state index contributed by atoms with van der Waals surface area (Å²) in [6.07, 6.45) is 0. The molecule has 0 saturated carbocycles. The van der Waals surface area contributed by atoms with Gasteiger partial charge in [-0.1, -0.05) is 35.8 Å². The second kappa shape index (κ2) is 5.33. The molecule has 1 atom stereocenters. The molecule has 0 aromatic heterocycles. The molecule has 4 nitrogen and oxygen atoms in total. The van der Waals surface area contributed by atoms with Gasteiger partial charge in [0, 0.05) is 10.2 Å². The third-order valence-electron chi connectivity index (χ3n) is 3.28. The Kier molecular flexibility index (Phi) is 3.94. The van der Waals surface area contributed by atoms with Crippen molar-refractivity contribution in [1.82, 2.24) is 5.32 Å². The third-order valence-corrected chi connectivity index (χ3v) is 4.14. The molecule has 0 bridgehead atoms. The number of nitrogens with zero attached hydrogens (tertiary/aromatic N) is 1. The summed E-state index contributed by atoms with van der Waals surface area (Å²) in [5.41, 5.74) is 1.85. The predicted molar refractivity (Wildman–Crippen MR) is 78.0 cm³/mol. The smallest absolute Gasteiger partial charge is 0.250 e. The van der Waals surface area contributed by atoms with Crippen LogP contribution in [0.4, 0.5) is 5.69 Å². The first-order chi connectivity index (χ1) is 8.90. The van der Waals surface area contributed by atoms with Gasteiger partial charge in [0.2, 0.25) is 11.8 Å². The number of hydrogen-bond donors (Lipinski definition) is 1. The van der Waals surface area contributed by atoms with Crippen LogP contribution < -0.4 is 10.2 Å². The highest BCUT2D eigenvalue weighted by molar-refractivity contribution is 9.10. The summed E-state index contributed by atoms with van der Waals surface area (Å²) in [7, 11) is 0. The van der Waals surface area contributed by atoms with Crippen molar-refractivity contribution >= 4 is 33.4 Å². The number of halogens is 1. The molecule has 2 rings (SSSR count). The van der Waals surface area contributed by atoms with Crippen LogP contribution in [-0.4, -0.2) is 24.4 Å². The molecular weight excluding hydrogens is 308 g/mol. The van der Waals surface area contributed by atoms with Crippen LogP contribution in [0.3, 0.4) is 0 Å². The van der Waals surface area contributed by atoms with E-state index in [0.717, 1.165) is 15.7 Å². The average Bonchev–Trinajstić information content (AvgIpc) is 2.35. The molecule has 1 heterocycles. The Balaban J connectivity index is 2.34. The predicted octanol–water partition coefficient (Wildman–Crippen LogP) is 2.24. The van der Waals surface area contributed by atoms with Crippen molar-refractivity contribution in [3.63, 3.8) is 0 Å². The molecule has 1 N–H and O–H groups in total. The largest absolute Gasteiger partial charge is 0.342 e. The monoisotopic (exact) mass is 324 g/mol. The van der Waals surface area contributed by atoms with E-state index in [9.17, 15) is 9.59 Å². The zero-order valence-corrected chi connectivity index (χ0v) is 12.8. The number of carbonyl (C=O) groups is 2. The van der Waals surface area contributed by atoms with Gasteiger partial charge in [-0.25, -0.2) is 0 Å². The van der Waals surface area contributed by atoms with E-state index in [1.807, 2.05) is 39.0 Å². The zero-order chi connectivity index (χ0) is 14.2. The number of benzene rings is 1. The number of hydrogen-bond acceptors (Lipinski definition) is 2. The quantitative estimate of drug-likeness (QED) is 0.907. The van der Waals surface area contributed by atoms with Crippen LogP contribution in [0, 0.1) is 12.8 Å². The van der Waals surface area contributed by atoms with Gasteiger partial charge in [-0.05, 0) is 30.5 Å². The van der Waals surface area contributed by atoms with Crippen molar-refractivity contribution < 1.29 is 9.59 Å². The van der Waals surface area contributed by atoms with Gasteiger partial charge in [0.1, 0.15) is 12.6 Å². The number of carbonyl (C=O) groups excluding carboxylic acids is 2. The van der Waals surface area contributed by atoms with Gasteiger partial charge < -0.3 is 10.2 Å². The first kappa shape index (κ1) is 14.1. The molecule has 1 aromatic rings. The van der Waals surface area contributed by atoms with Crippen molar-refractivity contribution in [2.45, 2.75) is 26.8 Å². The Hall–Kier alpha value is -1.36. The number of anilines is 1. The van der Waals surface area contributed by atoms with Gasteiger partial charge in [0.05, 0.1) is 0 Å². The number of rotatable bonds is 2. The van der Waals surface area contributed by atoms with E-state index >= 15 is 0 Å². The van der Waals surface area contributed by atoms with Crippen LogP contribution in [0.5, 0.6) is 0 Å². The van der Waals surface area contributed by atoms with Gasteiger partial charge >= 0.3 is 0 Å². The zero-order valence-electron chi connectivity index (χ0n) is 11.2. The van der Waals surface area contributed by atoms with Crippen molar-refractivity contribution in [2.75, 3.05) is 11.4 Å². The van der Waals surface area contributed by atoms with Crippen molar-refractivity contribution in [1.29, 1.82) is 0 Å². The molecule has 5 heteroatoms. The van der Waals surface area contributed by atoms with Gasteiger partial charge in [-0.3, -0.25) is 9.59 Å². The maximum atomic E-state index is 12.4. The number of aryl methyl sites for hydroxylation is 1. The first-order valence-corrected chi connectivity index (χ1v) is 7.06. The van der Waals surface area contributed by atoms with E-state index in [-0.39, 0.29) is 24.3 Å². The lowest BCUT2D eigenvalue weighted by atomic mass is 10.00. The van der Waals surface area contributed by atoms with E-state index in [1.165, 1.54) is 0 Å². The molecule has 0 radical (unpaired) electrons. The van der Waals surface area contributed by atoms with Crippen LogP contribution in [0.25, 0.3) is 0 Å². The summed E-state index contributed by atoms with van der Waals surface area (Å²) >= 11 is 3.45. The van der Waals surface area contributed by atoms with Crippen molar-refractivity contribution in [3.8, 4) is 0 Å². The van der Waals surface area contributed by atoms with Crippen LogP contribution >= 0.6 is 15.9 Å². The van der Waals surface area contributed by atoms with E-state index < -0.39 is 6.04 Å². The molecule has 0 spiro atoms. The Morgan fingerprint density at radius 3 is 2.63 bits per heavy atom. The molecule has 0 aliphatic carbocycles. The molecule has 19 heavy (non-hydrogen) atoms. The summed E-state index contributed by atoms with van der Waals surface area (Å²) in [4.78, 5) is 25.7. The normalized spacial score (nSPS) is 19.8. The van der Waals surface area contributed by atoms with Crippen LogP contribution in [0.15, 0.2) is 22.7 Å². The van der Waals surface area contributed by atoms with Gasteiger partial charge in [-0.15, -0.1) is 0 Å². The molecule has 102 valence electrons. The van der Waals surface area contributed by atoms with Gasteiger partial charge in [0.25, 0.3) is 0 Å². The maximum absolute atomic E-state index is 12.4. The lowest BCUT2D eigenvalue weighted by molar-refractivity contribution is -0.132. The molecule has 1 aliphatic rings. The summed E-state index contributed by atoms with van der Waals surface area (Å²) in [5.74, 6) is -0.0894. The average molecular weight is 325 g/mol. The van der Waals surface area contributed by atoms with E-state index in [0.29, 0.717) is 0 Å². The fraction of sp³-hybridized carbons (Fsp3) is 0.429. The second-order valence-corrected chi connectivity index (χ2v) is 6.00. The number of nitrogens with one attached hydrogen (secondary N) is 1. The third kappa shape index (κ3) is 2.81. The van der Waals surface area contributed by atoms with Crippen molar-refractivity contribution in [3.05, 3.63) is 28.2 Å². The highest BCUT2D eigenvalue weighted by Gasteiger charge is 2.35. The fourth-order valence-corrected chi connectivity index (χ4v) is 2.46. The van der Waals surface area contributed by atoms with E-state index in [4.69, 9.17) is 0 Å². The summed E-state index contributed by atoms with van der Waals surface area (Å²) < 4.78 is 0.935. The molecule has 1 aromatic carbocycles. The van der Waals surface area contributed by atoms with Crippen LogP contribution in [-0.2, 0) is 9.59 Å². The fourth-order valence-electron chi connectivity index (χ4n) is 2.09. The minimum atomic E-state index is -0.443. The molecule has 1 aliphatic heterocycles. The summed E-state index contributed by atoms with van der Waals surface area (Å²) in [6, 6.07) is 5.24. The minimum Gasteiger partial charge on any atom is -0.342 e. The molecule has 1 fully saturated rings. The van der Waals surface area contributed by atoms with E-state index in [1.54, 1.807) is 4.90 Å². The van der Waals surface area contributed by atoms with Crippen LogP contribution in [0.2, 0.25) is 0 Å².